The number of terminal acetylenes is 1. The molecule has 0 saturated carbocycles. The van der Waals surface area contributed by atoms with Gasteiger partial charge in [0.05, 0.1) is 17.1 Å². The number of amides is 1. The maximum absolute atomic E-state index is 12.0. The first-order valence-electron chi connectivity index (χ1n) is 4.78. The van der Waals surface area contributed by atoms with Gasteiger partial charge in [-0.25, -0.2) is 0 Å². The fourth-order valence-electron chi connectivity index (χ4n) is 1.27. The van der Waals surface area contributed by atoms with Crippen LogP contribution in [0.15, 0.2) is 18.2 Å². The van der Waals surface area contributed by atoms with Crippen LogP contribution in [-0.4, -0.2) is 23.9 Å². The molecule has 0 aromatic heterocycles. The van der Waals surface area contributed by atoms with Crippen molar-refractivity contribution in [3.8, 4) is 12.3 Å². The largest absolute Gasteiger partial charge is 0.328 e. The van der Waals surface area contributed by atoms with Gasteiger partial charge >= 0.3 is 0 Å². The predicted octanol–water partition coefficient (Wildman–Crippen LogP) is 3.09. The number of benzene rings is 1. The van der Waals surface area contributed by atoms with E-state index in [4.69, 9.17) is 29.6 Å². The van der Waals surface area contributed by atoms with Crippen molar-refractivity contribution >= 4 is 29.1 Å². The standard InChI is InChI=1S/C12H11Cl2NO/c1-3-7-15(4-2)12(16)10-6-5-9(13)8-11(10)14/h1,5-6,8H,4,7H2,2H3. The van der Waals surface area contributed by atoms with Crippen LogP contribution in [0.1, 0.15) is 17.3 Å². The molecule has 0 saturated heterocycles. The Bertz CT molecular complexity index is 437. The predicted molar refractivity (Wildman–Crippen MR) is 66.9 cm³/mol. The Morgan fingerprint density at radius 3 is 2.69 bits per heavy atom. The normalized spacial score (nSPS) is 9.62. The summed E-state index contributed by atoms with van der Waals surface area (Å²) in [5.41, 5.74) is 0.420. The quantitative estimate of drug-likeness (QED) is 0.761. The van der Waals surface area contributed by atoms with Crippen molar-refractivity contribution in [2.45, 2.75) is 6.92 Å². The lowest BCUT2D eigenvalue weighted by atomic mass is 10.2. The minimum absolute atomic E-state index is 0.179. The second kappa shape index (κ2) is 5.79. The van der Waals surface area contributed by atoms with Crippen molar-refractivity contribution in [3.05, 3.63) is 33.8 Å². The molecule has 4 heteroatoms. The summed E-state index contributed by atoms with van der Waals surface area (Å²) < 4.78 is 0. The zero-order chi connectivity index (χ0) is 12.1. The van der Waals surface area contributed by atoms with Crippen LogP contribution in [0.25, 0.3) is 0 Å². The van der Waals surface area contributed by atoms with Crippen LogP contribution in [0.5, 0.6) is 0 Å². The summed E-state index contributed by atoms with van der Waals surface area (Å²) in [5, 5.41) is 0.842. The molecule has 0 aliphatic rings. The van der Waals surface area contributed by atoms with Crippen molar-refractivity contribution in [2.75, 3.05) is 13.1 Å². The highest BCUT2D eigenvalue weighted by atomic mass is 35.5. The SMILES string of the molecule is C#CCN(CC)C(=O)c1ccc(Cl)cc1Cl. The lowest BCUT2D eigenvalue weighted by Crippen LogP contribution is -2.31. The highest BCUT2D eigenvalue weighted by molar-refractivity contribution is 6.36. The molecule has 1 aromatic carbocycles. The average molecular weight is 256 g/mol. The third-order valence-electron chi connectivity index (χ3n) is 2.11. The van der Waals surface area contributed by atoms with Crippen LogP contribution in [0.3, 0.4) is 0 Å². The van der Waals surface area contributed by atoms with Gasteiger partial charge in [-0.2, -0.15) is 0 Å². The zero-order valence-corrected chi connectivity index (χ0v) is 10.3. The zero-order valence-electron chi connectivity index (χ0n) is 8.84. The molecule has 0 heterocycles. The number of rotatable bonds is 3. The molecule has 2 nitrogen and oxygen atoms in total. The Labute approximate surface area is 105 Å². The summed E-state index contributed by atoms with van der Waals surface area (Å²) >= 11 is 11.7. The van der Waals surface area contributed by atoms with Gasteiger partial charge in [0.25, 0.3) is 5.91 Å². The molecular formula is C12H11Cl2NO. The van der Waals surface area contributed by atoms with Gasteiger partial charge in [0.15, 0.2) is 0 Å². The van der Waals surface area contributed by atoms with E-state index < -0.39 is 0 Å². The third-order valence-corrected chi connectivity index (χ3v) is 2.66. The molecule has 0 N–H and O–H groups in total. The Hall–Kier alpha value is -1.17. The Kier molecular flexibility index (Phi) is 4.67. The Balaban J connectivity index is 3.00. The summed E-state index contributed by atoms with van der Waals surface area (Å²) in [6, 6.07) is 4.77. The van der Waals surface area contributed by atoms with E-state index in [0.717, 1.165) is 0 Å². The molecule has 0 aliphatic carbocycles. The maximum Gasteiger partial charge on any atom is 0.256 e. The van der Waals surface area contributed by atoms with Gasteiger partial charge in [0.1, 0.15) is 0 Å². The molecule has 0 bridgehead atoms. The molecule has 1 rings (SSSR count). The first-order chi connectivity index (χ1) is 7.60. The molecular weight excluding hydrogens is 245 g/mol. The van der Waals surface area contributed by atoms with Crippen molar-refractivity contribution in [2.24, 2.45) is 0 Å². The third kappa shape index (κ3) is 2.91. The van der Waals surface area contributed by atoms with Crippen LogP contribution in [0, 0.1) is 12.3 Å². The van der Waals surface area contributed by atoms with E-state index in [2.05, 4.69) is 5.92 Å². The first-order valence-corrected chi connectivity index (χ1v) is 5.53. The summed E-state index contributed by atoms with van der Waals surface area (Å²) in [7, 11) is 0. The average Bonchev–Trinajstić information content (AvgIpc) is 2.25. The fraction of sp³-hybridized carbons (Fsp3) is 0.250. The number of hydrogen-bond acceptors (Lipinski definition) is 1. The monoisotopic (exact) mass is 255 g/mol. The molecule has 1 amide bonds. The van der Waals surface area contributed by atoms with Crippen molar-refractivity contribution in [3.63, 3.8) is 0 Å². The van der Waals surface area contributed by atoms with E-state index in [9.17, 15) is 4.79 Å². The van der Waals surface area contributed by atoms with Crippen LogP contribution < -0.4 is 0 Å². The minimum Gasteiger partial charge on any atom is -0.328 e. The Morgan fingerprint density at radius 1 is 1.50 bits per heavy atom. The van der Waals surface area contributed by atoms with Gasteiger partial charge in [-0.05, 0) is 25.1 Å². The molecule has 0 radical (unpaired) electrons. The number of nitrogens with zero attached hydrogens (tertiary/aromatic N) is 1. The lowest BCUT2D eigenvalue weighted by molar-refractivity contribution is 0.0785. The van der Waals surface area contributed by atoms with E-state index >= 15 is 0 Å². The number of carbonyl (C=O) groups excluding carboxylic acids is 1. The number of halogens is 2. The van der Waals surface area contributed by atoms with Gasteiger partial charge in [-0.3, -0.25) is 4.79 Å². The van der Waals surface area contributed by atoms with Crippen molar-refractivity contribution in [1.82, 2.24) is 4.90 Å². The topological polar surface area (TPSA) is 20.3 Å². The van der Waals surface area contributed by atoms with Gasteiger partial charge in [-0.15, -0.1) is 6.42 Å². The van der Waals surface area contributed by atoms with E-state index in [0.29, 0.717) is 22.2 Å². The summed E-state index contributed by atoms with van der Waals surface area (Å²) in [6.07, 6.45) is 5.19. The second-order valence-corrected chi connectivity index (χ2v) is 3.99. The lowest BCUT2D eigenvalue weighted by Gasteiger charge is -2.18. The molecule has 0 spiro atoms. The van der Waals surface area contributed by atoms with E-state index in [-0.39, 0.29) is 12.5 Å². The van der Waals surface area contributed by atoms with Gasteiger partial charge in [0.2, 0.25) is 0 Å². The number of carbonyl (C=O) groups is 1. The molecule has 84 valence electrons. The maximum atomic E-state index is 12.0. The molecule has 0 atom stereocenters. The van der Waals surface area contributed by atoms with Gasteiger partial charge in [-0.1, -0.05) is 29.1 Å². The summed E-state index contributed by atoms with van der Waals surface area (Å²) in [6.45, 7) is 2.68. The highest BCUT2D eigenvalue weighted by Crippen LogP contribution is 2.22. The smallest absolute Gasteiger partial charge is 0.256 e. The van der Waals surface area contributed by atoms with Crippen LogP contribution in [0.4, 0.5) is 0 Å². The minimum atomic E-state index is -0.179. The highest BCUT2D eigenvalue weighted by Gasteiger charge is 2.16. The van der Waals surface area contributed by atoms with Gasteiger partial charge in [0, 0.05) is 11.6 Å². The van der Waals surface area contributed by atoms with Gasteiger partial charge < -0.3 is 4.90 Å². The fourth-order valence-corrected chi connectivity index (χ4v) is 1.76. The Morgan fingerprint density at radius 2 is 2.19 bits per heavy atom. The number of hydrogen-bond donors (Lipinski definition) is 0. The van der Waals surface area contributed by atoms with Crippen molar-refractivity contribution in [1.29, 1.82) is 0 Å². The summed E-state index contributed by atoms with van der Waals surface area (Å²) in [5.74, 6) is 2.26. The van der Waals surface area contributed by atoms with Crippen LogP contribution in [0.2, 0.25) is 10.0 Å². The molecule has 1 aromatic rings. The second-order valence-electron chi connectivity index (χ2n) is 3.15. The molecule has 0 fully saturated rings. The molecule has 16 heavy (non-hydrogen) atoms. The van der Waals surface area contributed by atoms with Crippen LogP contribution >= 0.6 is 23.2 Å². The van der Waals surface area contributed by atoms with E-state index in [1.54, 1.807) is 18.2 Å². The molecule has 0 unspecified atom stereocenters. The first kappa shape index (κ1) is 12.9. The molecule has 0 aliphatic heterocycles. The van der Waals surface area contributed by atoms with Crippen molar-refractivity contribution < 1.29 is 4.79 Å². The van der Waals surface area contributed by atoms with E-state index in [1.807, 2.05) is 6.92 Å². The summed E-state index contributed by atoms with van der Waals surface area (Å²) in [4.78, 5) is 13.5. The van der Waals surface area contributed by atoms with E-state index in [1.165, 1.54) is 4.90 Å². The van der Waals surface area contributed by atoms with Crippen LogP contribution in [-0.2, 0) is 0 Å².